The zero-order chi connectivity index (χ0) is 13.1. The fraction of sp³-hybridized carbons (Fsp3) is 0.571. The van der Waals surface area contributed by atoms with Gasteiger partial charge in [-0.3, -0.25) is 0 Å². The second-order valence-corrected chi connectivity index (χ2v) is 5.50. The molecule has 1 aromatic carbocycles. The van der Waals surface area contributed by atoms with Gasteiger partial charge < -0.3 is 10.5 Å². The quantitative estimate of drug-likeness (QED) is 0.865. The Hall–Kier alpha value is -0.570. The lowest BCUT2D eigenvalue weighted by Gasteiger charge is -2.32. The van der Waals surface area contributed by atoms with Crippen LogP contribution in [0.1, 0.15) is 45.8 Å². The first kappa shape index (κ1) is 14.5. The minimum atomic E-state index is -0.169. The lowest BCUT2D eigenvalue weighted by molar-refractivity contribution is -0.0833. The summed E-state index contributed by atoms with van der Waals surface area (Å²) < 4.78 is 6.11. The summed E-state index contributed by atoms with van der Waals surface area (Å²) in [5.74, 6) is 0. The Balaban J connectivity index is 2.90. The van der Waals surface area contributed by atoms with Gasteiger partial charge in [0.2, 0.25) is 0 Å². The summed E-state index contributed by atoms with van der Waals surface area (Å²) >= 11 is 5.88. The van der Waals surface area contributed by atoms with E-state index in [1.807, 2.05) is 31.2 Å². The molecule has 3 heteroatoms. The molecule has 0 bridgehead atoms. The topological polar surface area (TPSA) is 35.2 Å². The average Bonchev–Trinajstić information content (AvgIpc) is 2.27. The Kier molecular flexibility index (Phi) is 4.99. The van der Waals surface area contributed by atoms with Crippen molar-refractivity contribution in [3.63, 3.8) is 0 Å². The fourth-order valence-corrected chi connectivity index (χ4v) is 1.68. The van der Waals surface area contributed by atoms with Crippen LogP contribution >= 0.6 is 11.6 Å². The predicted molar refractivity (Wildman–Crippen MR) is 73.3 cm³/mol. The van der Waals surface area contributed by atoms with Crippen LogP contribution < -0.4 is 5.73 Å². The largest absolute Gasteiger partial charge is 0.366 e. The van der Waals surface area contributed by atoms with Crippen LogP contribution in [-0.4, -0.2) is 11.6 Å². The third-order valence-electron chi connectivity index (χ3n) is 2.97. The molecule has 0 aliphatic rings. The SMILES string of the molecule is CCC(C)(C)OC(c1ccc(Cl)cc1)C(C)N. The smallest absolute Gasteiger partial charge is 0.0980 e. The van der Waals surface area contributed by atoms with E-state index in [2.05, 4.69) is 20.8 Å². The Labute approximate surface area is 109 Å². The molecule has 0 aliphatic heterocycles. The summed E-state index contributed by atoms with van der Waals surface area (Å²) in [6.45, 7) is 8.24. The number of benzene rings is 1. The molecular weight excluding hydrogens is 234 g/mol. The third-order valence-corrected chi connectivity index (χ3v) is 3.23. The Morgan fingerprint density at radius 2 is 1.82 bits per heavy atom. The molecule has 96 valence electrons. The molecule has 0 heterocycles. The molecule has 0 amide bonds. The number of halogens is 1. The van der Waals surface area contributed by atoms with Crippen LogP contribution in [0.2, 0.25) is 5.02 Å². The highest BCUT2D eigenvalue weighted by Gasteiger charge is 2.25. The van der Waals surface area contributed by atoms with Gasteiger partial charge in [-0.1, -0.05) is 30.7 Å². The van der Waals surface area contributed by atoms with Crippen molar-refractivity contribution in [2.45, 2.75) is 51.9 Å². The van der Waals surface area contributed by atoms with Crippen molar-refractivity contribution in [3.8, 4) is 0 Å². The van der Waals surface area contributed by atoms with Crippen LogP contribution in [0.15, 0.2) is 24.3 Å². The highest BCUT2D eigenvalue weighted by molar-refractivity contribution is 6.30. The van der Waals surface area contributed by atoms with E-state index < -0.39 is 0 Å². The van der Waals surface area contributed by atoms with Crippen LogP contribution in [0.3, 0.4) is 0 Å². The van der Waals surface area contributed by atoms with E-state index in [-0.39, 0.29) is 17.7 Å². The summed E-state index contributed by atoms with van der Waals surface area (Å²) in [5.41, 5.74) is 6.92. The van der Waals surface area contributed by atoms with Crippen molar-refractivity contribution in [1.82, 2.24) is 0 Å². The molecule has 0 radical (unpaired) electrons. The Bertz CT molecular complexity index is 346. The summed E-state index contributed by atoms with van der Waals surface area (Å²) in [6.07, 6.45) is 0.853. The highest BCUT2D eigenvalue weighted by atomic mass is 35.5. The van der Waals surface area contributed by atoms with Crippen molar-refractivity contribution in [2.24, 2.45) is 5.73 Å². The molecule has 17 heavy (non-hydrogen) atoms. The van der Waals surface area contributed by atoms with Crippen molar-refractivity contribution >= 4 is 11.6 Å². The first-order chi connectivity index (χ1) is 7.85. The molecule has 2 unspecified atom stereocenters. The fourth-order valence-electron chi connectivity index (χ4n) is 1.56. The lowest BCUT2D eigenvalue weighted by Crippen LogP contribution is -2.34. The normalized spacial score (nSPS) is 15.6. The molecule has 0 saturated heterocycles. The van der Waals surface area contributed by atoms with E-state index in [9.17, 15) is 0 Å². The maximum atomic E-state index is 6.11. The maximum Gasteiger partial charge on any atom is 0.0980 e. The van der Waals surface area contributed by atoms with Crippen LogP contribution in [-0.2, 0) is 4.74 Å². The van der Waals surface area contributed by atoms with Gasteiger partial charge in [0.05, 0.1) is 11.7 Å². The second kappa shape index (κ2) is 5.85. The van der Waals surface area contributed by atoms with Gasteiger partial charge in [-0.05, 0) is 44.9 Å². The molecule has 0 fully saturated rings. The molecule has 2 atom stereocenters. The van der Waals surface area contributed by atoms with Crippen molar-refractivity contribution in [2.75, 3.05) is 0 Å². The van der Waals surface area contributed by atoms with Crippen LogP contribution in [0.5, 0.6) is 0 Å². The minimum absolute atomic E-state index is 0.0537. The summed E-state index contributed by atoms with van der Waals surface area (Å²) in [5, 5.41) is 0.729. The van der Waals surface area contributed by atoms with Crippen molar-refractivity contribution in [3.05, 3.63) is 34.9 Å². The maximum absolute atomic E-state index is 6.11. The monoisotopic (exact) mass is 255 g/mol. The standard InChI is InChI=1S/C14H22ClNO/c1-5-14(3,4)17-13(10(2)16)11-6-8-12(15)9-7-11/h6-10,13H,5,16H2,1-4H3. The average molecular weight is 256 g/mol. The predicted octanol–water partition coefficient (Wildman–Crippen LogP) is 3.93. The molecule has 2 N–H and O–H groups in total. The van der Waals surface area contributed by atoms with Gasteiger partial charge in [-0.15, -0.1) is 0 Å². The number of rotatable bonds is 5. The van der Waals surface area contributed by atoms with Gasteiger partial charge in [0.1, 0.15) is 0 Å². The summed E-state index contributed by atoms with van der Waals surface area (Å²) in [4.78, 5) is 0. The van der Waals surface area contributed by atoms with Gasteiger partial charge in [0.15, 0.2) is 0 Å². The van der Waals surface area contributed by atoms with Gasteiger partial charge >= 0.3 is 0 Å². The van der Waals surface area contributed by atoms with E-state index in [1.165, 1.54) is 0 Å². The van der Waals surface area contributed by atoms with E-state index in [0.29, 0.717) is 0 Å². The first-order valence-electron chi connectivity index (χ1n) is 6.04. The Morgan fingerprint density at radius 3 is 2.24 bits per heavy atom. The van der Waals surface area contributed by atoms with Gasteiger partial charge in [0, 0.05) is 11.1 Å². The first-order valence-corrected chi connectivity index (χ1v) is 6.42. The minimum Gasteiger partial charge on any atom is -0.366 e. The van der Waals surface area contributed by atoms with Crippen LogP contribution in [0.4, 0.5) is 0 Å². The highest BCUT2D eigenvalue weighted by Crippen LogP contribution is 2.28. The van der Waals surface area contributed by atoms with Crippen molar-refractivity contribution in [1.29, 1.82) is 0 Å². The molecule has 2 nitrogen and oxygen atoms in total. The number of ether oxygens (including phenoxy) is 1. The van der Waals surface area contributed by atoms with E-state index in [4.69, 9.17) is 22.1 Å². The van der Waals surface area contributed by atoms with Gasteiger partial charge in [-0.25, -0.2) is 0 Å². The van der Waals surface area contributed by atoms with E-state index in [1.54, 1.807) is 0 Å². The second-order valence-electron chi connectivity index (χ2n) is 5.06. The third kappa shape index (κ3) is 4.30. The van der Waals surface area contributed by atoms with Crippen molar-refractivity contribution < 1.29 is 4.74 Å². The van der Waals surface area contributed by atoms with Crippen LogP contribution in [0, 0.1) is 0 Å². The number of nitrogens with two attached hydrogens (primary N) is 1. The van der Waals surface area contributed by atoms with Crippen LogP contribution in [0.25, 0.3) is 0 Å². The molecule has 1 rings (SSSR count). The molecular formula is C14H22ClNO. The number of hydrogen-bond donors (Lipinski definition) is 1. The van der Waals surface area contributed by atoms with Gasteiger partial charge in [-0.2, -0.15) is 0 Å². The summed E-state index contributed by atoms with van der Waals surface area (Å²) in [6, 6.07) is 7.63. The zero-order valence-electron chi connectivity index (χ0n) is 11.0. The summed E-state index contributed by atoms with van der Waals surface area (Å²) in [7, 11) is 0. The molecule has 0 aliphatic carbocycles. The molecule has 0 spiro atoms. The number of hydrogen-bond acceptors (Lipinski definition) is 2. The Morgan fingerprint density at radius 1 is 1.29 bits per heavy atom. The molecule has 0 saturated carbocycles. The molecule has 0 aromatic heterocycles. The molecule has 1 aromatic rings. The lowest BCUT2D eigenvalue weighted by atomic mass is 10.0. The van der Waals surface area contributed by atoms with E-state index in [0.717, 1.165) is 17.0 Å². The zero-order valence-corrected chi connectivity index (χ0v) is 11.8. The van der Waals surface area contributed by atoms with E-state index >= 15 is 0 Å². The van der Waals surface area contributed by atoms with Gasteiger partial charge in [0.25, 0.3) is 0 Å².